The molecule has 5 nitrogen and oxygen atoms in total. The van der Waals surface area contributed by atoms with Crippen molar-refractivity contribution >= 4 is 35.1 Å². The molecule has 0 N–H and O–H groups in total. The molecule has 0 heterocycles. The van der Waals surface area contributed by atoms with Gasteiger partial charge in [0.25, 0.3) is 0 Å². The smallest absolute Gasteiger partial charge is 0.211 e. The summed E-state index contributed by atoms with van der Waals surface area (Å²) in [6.07, 6.45) is 4.49. The zero-order valence-electron chi connectivity index (χ0n) is 15.6. The van der Waals surface area contributed by atoms with Gasteiger partial charge in [0, 0.05) is 0 Å². The molecule has 0 aliphatic heterocycles. The molecule has 3 aromatic carbocycles. The van der Waals surface area contributed by atoms with E-state index in [1.165, 1.54) is 6.08 Å². The molecule has 0 saturated heterocycles. The van der Waals surface area contributed by atoms with E-state index in [2.05, 4.69) is 27.4 Å². The van der Waals surface area contributed by atoms with Crippen LogP contribution in [0.3, 0.4) is 0 Å². The summed E-state index contributed by atoms with van der Waals surface area (Å²) >= 11 is 0. The third-order valence-corrected chi connectivity index (χ3v) is 4.37. The Hall–Kier alpha value is -4.13. The molecule has 29 heavy (non-hydrogen) atoms. The number of rotatable bonds is 7. The van der Waals surface area contributed by atoms with Crippen molar-refractivity contribution in [2.45, 2.75) is 12.8 Å². The minimum atomic E-state index is 0.573. The van der Waals surface area contributed by atoms with Crippen molar-refractivity contribution in [1.82, 2.24) is 0 Å². The van der Waals surface area contributed by atoms with Gasteiger partial charge in [0.2, 0.25) is 12.2 Å². The van der Waals surface area contributed by atoms with Gasteiger partial charge in [-0.3, -0.25) is 0 Å². The van der Waals surface area contributed by atoms with E-state index in [-0.39, 0.29) is 0 Å². The number of aliphatic imine (C=N–C) groups is 3. The van der Waals surface area contributed by atoms with Crippen molar-refractivity contribution in [1.29, 1.82) is 0 Å². The summed E-state index contributed by atoms with van der Waals surface area (Å²) in [5.41, 5.74) is 6.14. The van der Waals surface area contributed by atoms with Gasteiger partial charge in [-0.1, -0.05) is 36.4 Å². The molecule has 0 radical (unpaired) electrons. The number of hydrogen-bond acceptors (Lipinski definition) is 5. The van der Waals surface area contributed by atoms with E-state index in [0.717, 1.165) is 27.9 Å². The summed E-state index contributed by atoms with van der Waals surface area (Å²) in [6, 6.07) is 21.0. The lowest BCUT2D eigenvalue weighted by molar-refractivity contribution is 0.564. The topological polar surface area (TPSA) is 71.2 Å². The minimum Gasteiger partial charge on any atom is -0.211 e. The molecule has 0 amide bonds. The molecule has 5 heteroatoms. The first-order valence-corrected chi connectivity index (χ1v) is 8.90. The second-order valence-corrected chi connectivity index (χ2v) is 6.33. The summed E-state index contributed by atoms with van der Waals surface area (Å²) in [6.45, 7) is 3.47. The Balaban J connectivity index is 1.85. The average Bonchev–Trinajstić information content (AvgIpc) is 2.73. The lowest BCUT2D eigenvalue weighted by atomic mass is 9.97. The Morgan fingerprint density at radius 1 is 0.655 bits per heavy atom. The van der Waals surface area contributed by atoms with Gasteiger partial charge in [-0.25, -0.2) is 14.6 Å². The molecule has 0 aliphatic rings. The van der Waals surface area contributed by atoms with Gasteiger partial charge in [0.15, 0.2) is 0 Å². The second-order valence-electron chi connectivity index (χ2n) is 6.33. The molecule has 0 saturated carbocycles. The molecule has 3 rings (SSSR count). The second kappa shape index (κ2) is 9.70. The largest absolute Gasteiger partial charge is 0.240 e. The van der Waals surface area contributed by atoms with Gasteiger partial charge < -0.3 is 0 Å². The predicted molar refractivity (Wildman–Crippen MR) is 113 cm³/mol. The fourth-order valence-electron chi connectivity index (χ4n) is 3.02. The van der Waals surface area contributed by atoms with Crippen molar-refractivity contribution in [2.24, 2.45) is 15.0 Å². The van der Waals surface area contributed by atoms with Gasteiger partial charge in [0.1, 0.15) is 0 Å². The highest BCUT2D eigenvalue weighted by atomic mass is 16.1. The zero-order chi connectivity index (χ0) is 20.5. The normalized spacial score (nSPS) is 9.66. The van der Waals surface area contributed by atoms with Gasteiger partial charge >= 0.3 is 0 Å². The lowest BCUT2D eigenvalue weighted by Crippen LogP contribution is -1.93. The molecule has 140 valence electrons. The SMILES string of the molecule is C=C=Nc1ccc(Cc2cc(Cc3ccc(N=C=O)cc3)ccc2N=C=O)cc1. The summed E-state index contributed by atoms with van der Waals surface area (Å²) < 4.78 is 0. The van der Waals surface area contributed by atoms with E-state index in [1.54, 1.807) is 18.2 Å². The summed E-state index contributed by atoms with van der Waals surface area (Å²) in [7, 11) is 0. The lowest BCUT2D eigenvalue weighted by Gasteiger charge is -2.09. The maximum Gasteiger partial charge on any atom is 0.240 e. The number of hydrogen-bond donors (Lipinski definition) is 0. The average molecular weight is 379 g/mol. The first kappa shape index (κ1) is 19.6. The van der Waals surface area contributed by atoms with Crippen LogP contribution in [0.15, 0.2) is 88.3 Å². The summed E-state index contributed by atoms with van der Waals surface area (Å²) in [5.74, 6) is 2.51. The van der Waals surface area contributed by atoms with Crippen LogP contribution in [-0.2, 0) is 22.4 Å². The molecular formula is C24H17N3O2. The zero-order valence-corrected chi connectivity index (χ0v) is 15.6. The summed E-state index contributed by atoms with van der Waals surface area (Å²) in [5, 5.41) is 0. The Labute approximate surface area is 168 Å². The monoisotopic (exact) mass is 379 g/mol. The van der Waals surface area contributed by atoms with Crippen molar-refractivity contribution in [3.05, 3.63) is 95.6 Å². The van der Waals surface area contributed by atoms with E-state index >= 15 is 0 Å². The number of benzene rings is 3. The first-order chi connectivity index (χ1) is 14.2. The molecule has 0 spiro atoms. The minimum absolute atomic E-state index is 0.573. The number of nitrogens with zero attached hydrogens (tertiary/aromatic N) is 3. The highest BCUT2D eigenvalue weighted by Gasteiger charge is 2.07. The highest BCUT2D eigenvalue weighted by Crippen LogP contribution is 2.26. The van der Waals surface area contributed by atoms with Crippen molar-refractivity contribution < 1.29 is 9.59 Å². The highest BCUT2D eigenvalue weighted by molar-refractivity contribution is 5.58. The quantitative estimate of drug-likeness (QED) is 0.413. The van der Waals surface area contributed by atoms with Crippen LogP contribution in [0.25, 0.3) is 0 Å². The standard InChI is InChI=1S/C24H17N3O2/c1-2-25-22-8-5-19(6-9-22)14-21-15-20(7-12-24(21)27-17-29)13-18-3-10-23(11-4-18)26-16-28/h3-12,15H,1,13-14H2. The molecule has 0 unspecified atom stereocenters. The van der Waals surface area contributed by atoms with Crippen LogP contribution >= 0.6 is 0 Å². The van der Waals surface area contributed by atoms with Crippen LogP contribution in [0.4, 0.5) is 17.1 Å². The van der Waals surface area contributed by atoms with Crippen molar-refractivity contribution in [3.63, 3.8) is 0 Å². The van der Waals surface area contributed by atoms with Crippen LogP contribution in [0.1, 0.15) is 22.3 Å². The number of carbonyl (C=O) groups excluding carboxylic acids is 2. The van der Waals surface area contributed by atoms with E-state index in [0.29, 0.717) is 24.2 Å². The van der Waals surface area contributed by atoms with Crippen LogP contribution in [0.2, 0.25) is 0 Å². The Morgan fingerprint density at radius 2 is 1.21 bits per heavy atom. The van der Waals surface area contributed by atoms with Gasteiger partial charge in [-0.15, -0.1) is 0 Å². The molecule has 0 aromatic heterocycles. The van der Waals surface area contributed by atoms with E-state index in [1.807, 2.05) is 54.6 Å². The Kier molecular flexibility index (Phi) is 6.57. The maximum absolute atomic E-state index is 10.8. The third kappa shape index (κ3) is 5.43. The molecule has 0 fully saturated rings. The van der Waals surface area contributed by atoms with E-state index in [4.69, 9.17) is 0 Å². The molecule has 0 atom stereocenters. The maximum atomic E-state index is 10.8. The molecule has 3 aromatic rings. The van der Waals surface area contributed by atoms with Gasteiger partial charge in [0.05, 0.1) is 17.1 Å². The van der Waals surface area contributed by atoms with Gasteiger partial charge in [-0.05, 0) is 77.9 Å². The Morgan fingerprint density at radius 3 is 1.79 bits per heavy atom. The van der Waals surface area contributed by atoms with Crippen molar-refractivity contribution in [3.8, 4) is 0 Å². The van der Waals surface area contributed by atoms with Crippen LogP contribution in [0, 0.1) is 0 Å². The molecule has 0 aliphatic carbocycles. The predicted octanol–water partition coefficient (Wildman–Crippen LogP) is 5.29. The van der Waals surface area contributed by atoms with Crippen molar-refractivity contribution in [2.75, 3.05) is 0 Å². The van der Waals surface area contributed by atoms with E-state index in [9.17, 15) is 9.59 Å². The van der Waals surface area contributed by atoms with E-state index < -0.39 is 0 Å². The fraction of sp³-hybridized carbons (Fsp3) is 0.0833. The van der Waals surface area contributed by atoms with Gasteiger partial charge in [-0.2, -0.15) is 9.98 Å². The first-order valence-electron chi connectivity index (χ1n) is 8.90. The molecule has 0 bridgehead atoms. The molecular weight excluding hydrogens is 362 g/mol. The fourth-order valence-corrected chi connectivity index (χ4v) is 3.02. The summed E-state index contributed by atoms with van der Waals surface area (Å²) in [4.78, 5) is 32.6. The van der Waals surface area contributed by atoms with Crippen LogP contribution < -0.4 is 0 Å². The van der Waals surface area contributed by atoms with Crippen LogP contribution in [-0.4, -0.2) is 18.0 Å². The number of isocyanates is 2. The van der Waals surface area contributed by atoms with Crippen LogP contribution in [0.5, 0.6) is 0 Å². The Bertz CT molecular complexity index is 1150. The third-order valence-electron chi connectivity index (χ3n) is 4.37.